The zero-order chi connectivity index (χ0) is 13.5. The van der Waals surface area contributed by atoms with E-state index in [1.165, 1.54) is 0 Å². The van der Waals surface area contributed by atoms with Gasteiger partial charge in [0.1, 0.15) is 0 Å². The van der Waals surface area contributed by atoms with E-state index in [1.807, 2.05) is 4.90 Å². The number of aromatic nitrogens is 3. The molecular formula is C11H17ClN6. The summed E-state index contributed by atoms with van der Waals surface area (Å²) in [6.45, 7) is 5.55. The monoisotopic (exact) mass is 268 g/mol. The van der Waals surface area contributed by atoms with Gasteiger partial charge in [-0.3, -0.25) is 0 Å². The Kier molecular flexibility index (Phi) is 5.59. The lowest BCUT2D eigenvalue weighted by atomic mass is 10.2. The number of nitrogens with one attached hydrogen (secondary N) is 1. The SMILES string of the molecule is CNc1nc(Cl)nc(N(CCC#N)CC(C)C)n1. The van der Waals surface area contributed by atoms with E-state index in [-0.39, 0.29) is 5.28 Å². The van der Waals surface area contributed by atoms with Gasteiger partial charge in [0.25, 0.3) is 0 Å². The molecular weight excluding hydrogens is 252 g/mol. The fourth-order valence-corrected chi connectivity index (χ4v) is 1.65. The highest BCUT2D eigenvalue weighted by atomic mass is 35.5. The lowest BCUT2D eigenvalue weighted by molar-refractivity contribution is 0.601. The molecule has 0 aliphatic rings. The van der Waals surface area contributed by atoms with Crippen molar-refractivity contribution in [3.63, 3.8) is 0 Å². The van der Waals surface area contributed by atoms with Crippen molar-refractivity contribution in [2.45, 2.75) is 20.3 Å². The quantitative estimate of drug-likeness (QED) is 0.850. The van der Waals surface area contributed by atoms with Crippen LogP contribution in [0.15, 0.2) is 0 Å². The van der Waals surface area contributed by atoms with Crippen molar-refractivity contribution in [3.8, 4) is 6.07 Å². The van der Waals surface area contributed by atoms with Gasteiger partial charge in [-0.05, 0) is 17.5 Å². The van der Waals surface area contributed by atoms with Crippen LogP contribution in [0, 0.1) is 17.2 Å². The van der Waals surface area contributed by atoms with Gasteiger partial charge in [0, 0.05) is 20.1 Å². The lowest BCUT2D eigenvalue weighted by Gasteiger charge is -2.23. The van der Waals surface area contributed by atoms with Crippen LogP contribution in [0.4, 0.5) is 11.9 Å². The number of hydrogen-bond acceptors (Lipinski definition) is 6. The average molecular weight is 269 g/mol. The fourth-order valence-electron chi connectivity index (χ4n) is 1.49. The predicted octanol–water partition coefficient (Wildman–Crippen LogP) is 1.94. The number of hydrogen-bond donors (Lipinski definition) is 1. The molecule has 0 atom stereocenters. The summed E-state index contributed by atoms with van der Waals surface area (Å²) in [7, 11) is 1.72. The maximum absolute atomic E-state index is 8.68. The number of rotatable bonds is 6. The summed E-state index contributed by atoms with van der Waals surface area (Å²) < 4.78 is 0. The van der Waals surface area contributed by atoms with E-state index in [0.717, 1.165) is 6.54 Å². The first kappa shape index (κ1) is 14.5. The minimum atomic E-state index is 0.148. The third kappa shape index (κ3) is 4.34. The highest BCUT2D eigenvalue weighted by Gasteiger charge is 2.13. The largest absolute Gasteiger partial charge is 0.357 e. The Labute approximate surface area is 112 Å². The second kappa shape index (κ2) is 6.97. The molecule has 0 aliphatic heterocycles. The van der Waals surface area contributed by atoms with Crippen molar-refractivity contribution in [1.29, 1.82) is 5.26 Å². The Bertz CT molecular complexity index is 428. The molecule has 0 radical (unpaired) electrons. The maximum atomic E-state index is 8.68. The van der Waals surface area contributed by atoms with E-state index < -0.39 is 0 Å². The van der Waals surface area contributed by atoms with Crippen LogP contribution in [-0.2, 0) is 0 Å². The van der Waals surface area contributed by atoms with Gasteiger partial charge in [-0.15, -0.1) is 0 Å². The molecule has 0 spiro atoms. The predicted molar refractivity (Wildman–Crippen MR) is 71.7 cm³/mol. The molecule has 0 saturated carbocycles. The van der Waals surface area contributed by atoms with Gasteiger partial charge in [-0.1, -0.05) is 13.8 Å². The highest BCUT2D eigenvalue weighted by Crippen LogP contribution is 2.15. The zero-order valence-corrected chi connectivity index (χ0v) is 11.6. The third-order valence-electron chi connectivity index (χ3n) is 2.18. The van der Waals surface area contributed by atoms with Crippen molar-refractivity contribution in [2.75, 3.05) is 30.4 Å². The number of nitriles is 1. The van der Waals surface area contributed by atoms with E-state index in [0.29, 0.717) is 30.8 Å². The summed E-state index contributed by atoms with van der Waals surface area (Å²) in [4.78, 5) is 14.2. The Balaban J connectivity index is 2.96. The second-order valence-electron chi connectivity index (χ2n) is 4.23. The van der Waals surface area contributed by atoms with Gasteiger partial charge in [0.05, 0.1) is 12.5 Å². The third-order valence-corrected chi connectivity index (χ3v) is 2.35. The number of anilines is 2. The molecule has 98 valence electrons. The van der Waals surface area contributed by atoms with Gasteiger partial charge >= 0.3 is 0 Å². The van der Waals surface area contributed by atoms with Gasteiger partial charge < -0.3 is 10.2 Å². The van der Waals surface area contributed by atoms with Crippen molar-refractivity contribution in [2.24, 2.45) is 5.92 Å². The molecule has 0 amide bonds. The minimum absolute atomic E-state index is 0.148. The Hall–Kier alpha value is -1.61. The maximum Gasteiger partial charge on any atom is 0.231 e. The first-order valence-corrected chi connectivity index (χ1v) is 6.15. The standard InChI is InChI=1S/C11H17ClN6/c1-8(2)7-18(6-4-5-13)11-16-9(12)15-10(14-3)17-11/h8H,4,6-7H2,1-3H3,(H,14,15,16,17). The van der Waals surface area contributed by atoms with Gasteiger partial charge in [-0.25, -0.2) is 0 Å². The topological polar surface area (TPSA) is 77.7 Å². The molecule has 1 rings (SSSR count). The number of nitrogens with zero attached hydrogens (tertiary/aromatic N) is 5. The van der Waals surface area contributed by atoms with Crippen molar-refractivity contribution in [1.82, 2.24) is 15.0 Å². The van der Waals surface area contributed by atoms with E-state index >= 15 is 0 Å². The fraction of sp³-hybridized carbons (Fsp3) is 0.636. The molecule has 0 unspecified atom stereocenters. The normalized spacial score (nSPS) is 10.2. The Morgan fingerprint density at radius 1 is 1.39 bits per heavy atom. The van der Waals surface area contributed by atoms with Crippen molar-refractivity contribution >= 4 is 23.5 Å². The molecule has 7 heteroatoms. The summed E-state index contributed by atoms with van der Waals surface area (Å²) in [6.07, 6.45) is 0.422. The summed E-state index contributed by atoms with van der Waals surface area (Å²) in [5, 5.41) is 11.7. The van der Waals surface area contributed by atoms with E-state index in [9.17, 15) is 0 Å². The van der Waals surface area contributed by atoms with E-state index in [2.05, 4.69) is 40.2 Å². The van der Waals surface area contributed by atoms with Gasteiger partial charge in [0.15, 0.2) is 0 Å². The molecule has 1 aromatic heterocycles. The molecule has 1 aromatic rings. The highest BCUT2D eigenvalue weighted by molar-refractivity contribution is 6.28. The summed E-state index contributed by atoms with van der Waals surface area (Å²) in [5.74, 6) is 1.37. The first-order valence-electron chi connectivity index (χ1n) is 5.78. The molecule has 18 heavy (non-hydrogen) atoms. The van der Waals surface area contributed by atoms with Crippen LogP contribution >= 0.6 is 11.6 Å². The van der Waals surface area contributed by atoms with E-state index in [1.54, 1.807) is 7.05 Å². The van der Waals surface area contributed by atoms with Gasteiger partial charge in [-0.2, -0.15) is 20.2 Å². The van der Waals surface area contributed by atoms with Crippen LogP contribution in [0.25, 0.3) is 0 Å². The van der Waals surface area contributed by atoms with Crippen LogP contribution in [0.5, 0.6) is 0 Å². The molecule has 0 fully saturated rings. The molecule has 1 heterocycles. The van der Waals surface area contributed by atoms with Crippen LogP contribution in [-0.4, -0.2) is 35.1 Å². The lowest BCUT2D eigenvalue weighted by Crippen LogP contribution is -2.30. The number of halogens is 1. The first-order chi connectivity index (χ1) is 8.56. The Morgan fingerprint density at radius 2 is 2.11 bits per heavy atom. The minimum Gasteiger partial charge on any atom is -0.357 e. The van der Waals surface area contributed by atoms with Crippen LogP contribution < -0.4 is 10.2 Å². The second-order valence-corrected chi connectivity index (χ2v) is 4.56. The molecule has 0 aliphatic carbocycles. The summed E-state index contributed by atoms with van der Waals surface area (Å²) in [6, 6.07) is 2.12. The molecule has 0 aromatic carbocycles. The average Bonchev–Trinajstić information content (AvgIpc) is 2.33. The van der Waals surface area contributed by atoms with Gasteiger partial charge in [0.2, 0.25) is 17.2 Å². The van der Waals surface area contributed by atoms with Crippen molar-refractivity contribution in [3.05, 3.63) is 5.28 Å². The van der Waals surface area contributed by atoms with Crippen LogP contribution in [0.3, 0.4) is 0 Å². The summed E-state index contributed by atoms with van der Waals surface area (Å²) >= 11 is 5.85. The van der Waals surface area contributed by atoms with Crippen molar-refractivity contribution < 1.29 is 0 Å². The van der Waals surface area contributed by atoms with Crippen LogP contribution in [0.1, 0.15) is 20.3 Å². The summed E-state index contributed by atoms with van der Waals surface area (Å²) in [5.41, 5.74) is 0. The molecule has 6 nitrogen and oxygen atoms in total. The smallest absolute Gasteiger partial charge is 0.231 e. The molecule has 1 N–H and O–H groups in total. The Morgan fingerprint density at radius 3 is 2.67 bits per heavy atom. The van der Waals surface area contributed by atoms with E-state index in [4.69, 9.17) is 16.9 Å². The zero-order valence-electron chi connectivity index (χ0n) is 10.8. The molecule has 0 saturated heterocycles. The molecule has 0 bridgehead atoms. The van der Waals surface area contributed by atoms with Crippen LogP contribution in [0.2, 0.25) is 5.28 Å².